The number of rotatable bonds is 8. The largest absolute Gasteiger partial charge is 0.550 e. The Morgan fingerprint density at radius 2 is 2.15 bits per heavy atom. The van der Waals surface area contributed by atoms with Gasteiger partial charge in [0.1, 0.15) is 11.8 Å². The molecule has 3 aromatic rings. The molecule has 2 heterocycles. The molecule has 0 radical (unpaired) electrons. The highest BCUT2D eigenvalue weighted by atomic mass is 16.5. The summed E-state index contributed by atoms with van der Waals surface area (Å²) in [6.07, 6.45) is 1.53. The second-order valence-corrected chi connectivity index (χ2v) is 8.79. The quantitative estimate of drug-likeness (QED) is 0.504. The van der Waals surface area contributed by atoms with Crippen molar-refractivity contribution in [2.24, 2.45) is 0 Å². The highest BCUT2D eigenvalue weighted by molar-refractivity contribution is 5.67. The van der Waals surface area contributed by atoms with Gasteiger partial charge in [-0.3, -0.25) is 4.90 Å². The van der Waals surface area contributed by atoms with Crippen molar-refractivity contribution in [3.05, 3.63) is 52.6 Å². The number of hydrogen-bond acceptors (Lipinski definition) is 8. The maximum atomic E-state index is 10.7. The monoisotopic (exact) mass is 459 g/mol. The van der Waals surface area contributed by atoms with E-state index in [9.17, 15) is 15.2 Å². The molecular formula is C26H27N4O4-. The summed E-state index contributed by atoms with van der Waals surface area (Å²) in [6, 6.07) is 11.5. The lowest BCUT2D eigenvalue weighted by atomic mass is 9.91. The number of aromatic nitrogens is 2. The highest BCUT2D eigenvalue weighted by Crippen LogP contribution is 2.32. The third kappa shape index (κ3) is 5.10. The number of nitrogens with zero attached hydrogens (tertiary/aromatic N) is 4. The van der Waals surface area contributed by atoms with E-state index in [-0.39, 0.29) is 12.5 Å². The molecule has 8 heteroatoms. The SMILES string of the molecule is Cc1c(-c2noc(-c3ccc(OC(C)C)c(C#N)c3)n2)ccc2c1CCN(CCCC(=O)[O-])C2. The molecule has 4 rings (SSSR count). The zero-order chi connectivity index (χ0) is 24.2. The predicted molar refractivity (Wildman–Crippen MR) is 124 cm³/mol. The number of carbonyl (C=O) groups excluding carboxylic acids is 1. The molecule has 8 nitrogen and oxygen atoms in total. The molecule has 0 atom stereocenters. The molecule has 0 N–H and O–H groups in total. The van der Waals surface area contributed by atoms with Crippen molar-refractivity contribution in [1.82, 2.24) is 15.0 Å². The van der Waals surface area contributed by atoms with Crippen LogP contribution in [0.3, 0.4) is 0 Å². The Labute approximate surface area is 198 Å². The molecule has 176 valence electrons. The van der Waals surface area contributed by atoms with Gasteiger partial charge >= 0.3 is 0 Å². The zero-order valence-corrected chi connectivity index (χ0v) is 19.6. The zero-order valence-electron chi connectivity index (χ0n) is 19.6. The van der Waals surface area contributed by atoms with Crippen LogP contribution in [0.15, 0.2) is 34.9 Å². The van der Waals surface area contributed by atoms with Gasteiger partial charge in [0.15, 0.2) is 0 Å². The number of nitriles is 1. The lowest BCUT2D eigenvalue weighted by molar-refractivity contribution is -0.305. The first-order chi connectivity index (χ1) is 16.4. The number of carboxylic acid groups (broad SMARTS) is 1. The van der Waals surface area contributed by atoms with Crippen molar-refractivity contribution < 1.29 is 19.2 Å². The first-order valence-electron chi connectivity index (χ1n) is 11.4. The van der Waals surface area contributed by atoms with Crippen LogP contribution >= 0.6 is 0 Å². The summed E-state index contributed by atoms with van der Waals surface area (Å²) in [5.41, 5.74) is 5.64. The van der Waals surface area contributed by atoms with E-state index in [1.165, 1.54) is 11.1 Å². The van der Waals surface area contributed by atoms with Crippen molar-refractivity contribution in [2.75, 3.05) is 13.1 Å². The molecule has 0 unspecified atom stereocenters. The predicted octanol–water partition coefficient (Wildman–Crippen LogP) is 3.26. The maximum Gasteiger partial charge on any atom is 0.258 e. The summed E-state index contributed by atoms with van der Waals surface area (Å²) >= 11 is 0. The van der Waals surface area contributed by atoms with Crippen molar-refractivity contribution in [2.45, 2.75) is 52.7 Å². The Morgan fingerprint density at radius 1 is 1.32 bits per heavy atom. The van der Waals surface area contributed by atoms with E-state index in [1.54, 1.807) is 12.1 Å². The first kappa shape index (κ1) is 23.5. The van der Waals surface area contributed by atoms with Crippen LogP contribution in [-0.2, 0) is 17.8 Å². The number of aliphatic carboxylic acids is 1. The fourth-order valence-electron chi connectivity index (χ4n) is 4.34. The van der Waals surface area contributed by atoms with Gasteiger partial charge in [0.2, 0.25) is 5.82 Å². The Hall–Kier alpha value is -3.70. The second-order valence-electron chi connectivity index (χ2n) is 8.79. The van der Waals surface area contributed by atoms with Crippen LogP contribution < -0.4 is 9.84 Å². The van der Waals surface area contributed by atoms with Crippen LogP contribution in [0.1, 0.15) is 48.9 Å². The summed E-state index contributed by atoms with van der Waals surface area (Å²) in [7, 11) is 0. The summed E-state index contributed by atoms with van der Waals surface area (Å²) < 4.78 is 11.2. The van der Waals surface area contributed by atoms with Gasteiger partial charge in [-0.15, -0.1) is 0 Å². The van der Waals surface area contributed by atoms with Gasteiger partial charge in [0, 0.05) is 30.2 Å². The number of fused-ring (bicyclic) bond motifs is 1. The molecule has 0 spiro atoms. The van der Waals surface area contributed by atoms with E-state index < -0.39 is 5.97 Å². The number of benzene rings is 2. The molecule has 34 heavy (non-hydrogen) atoms. The Kier molecular flexibility index (Phi) is 6.94. The standard InChI is InChI=1S/C26H28N4O4/c1-16(2)33-23-9-7-18(13-20(23)14-27)26-28-25(29-34-26)22-8-6-19-15-30(11-4-5-24(31)32)12-10-21(19)17(22)3/h6-9,13,16H,4-5,10-12,15H2,1-3H3,(H,31,32)/p-1. The van der Waals surface area contributed by atoms with Crippen molar-refractivity contribution in [3.8, 4) is 34.7 Å². The topological polar surface area (TPSA) is 115 Å². The van der Waals surface area contributed by atoms with Gasteiger partial charge in [-0.1, -0.05) is 17.3 Å². The fourth-order valence-corrected chi connectivity index (χ4v) is 4.34. The number of carboxylic acids is 1. The van der Waals surface area contributed by atoms with Gasteiger partial charge < -0.3 is 19.2 Å². The summed E-state index contributed by atoms with van der Waals surface area (Å²) in [5, 5.41) is 24.4. The van der Waals surface area contributed by atoms with Crippen LogP contribution in [0, 0.1) is 18.3 Å². The average Bonchev–Trinajstić information content (AvgIpc) is 3.29. The van der Waals surface area contributed by atoms with Gasteiger partial charge in [-0.05, 0) is 81.5 Å². The molecule has 1 aromatic heterocycles. The Morgan fingerprint density at radius 3 is 2.88 bits per heavy atom. The summed E-state index contributed by atoms with van der Waals surface area (Å²) in [4.78, 5) is 17.5. The van der Waals surface area contributed by atoms with E-state index in [0.717, 1.165) is 37.2 Å². The third-order valence-corrected chi connectivity index (χ3v) is 6.00. The molecule has 1 aliphatic heterocycles. The number of hydrogen-bond donors (Lipinski definition) is 0. The molecule has 0 fully saturated rings. The Balaban J connectivity index is 1.54. The van der Waals surface area contributed by atoms with Gasteiger partial charge in [-0.25, -0.2) is 0 Å². The normalized spacial score (nSPS) is 13.5. The van der Waals surface area contributed by atoms with Gasteiger partial charge in [0.25, 0.3) is 5.89 Å². The molecule has 0 saturated heterocycles. The number of ether oxygens (including phenoxy) is 1. The molecule has 0 aliphatic carbocycles. The van der Waals surface area contributed by atoms with E-state index >= 15 is 0 Å². The first-order valence-corrected chi connectivity index (χ1v) is 11.4. The minimum atomic E-state index is -0.999. The van der Waals surface area contributed by atoms with Crippen LogP contribution in [0.25, 0.3) is 22.8 Å². The number of carbonyl (C=O) groups is 1. The van der Waals surface area contributed by atoms with E-state index in [0.29, 0.717) is 35.0 Å². The lowest BCUT2D eigenvalue weighted by Gasteiger charge is -2.30. The molecule has 0 saturated carbocycles. The minimum absolute atomic E-state index is 0.0333. The van der Waals surface area contributed by atoms with E-state index in [4.69, 9.17) is 9.26 Å². The van der Waals surface area contributed by atoms with Crippen LogP contribution in [0.5, 0.6) is 5.75 Å². The van der Waals surface area contributed by atoms with Gasteiger partial charge in [0.05, 0.1) is 11.7 Å². The molecule has 2 aromatic carbocycles. The van der Waals surface area contributed by atoms with E-state index in [2.05, 4.69) is 34.1 Å². The van der Waals surface area contributed by atoms with Crippen molar-refractivity contribution in [3.63, 3.8) is 0 Å². The minimum Gasteiger partial charge on any atom is -0.550 e. The van der Waals surface area contributed by atoms with Crippen LogP contribution in [-0.4, -0.2) is 40.2 Å². The highest BCUT2D eigenvalue weighted by Gasteiger charge is 2.21. The smallest absolute Gasteiger partial charge is 0.258 e. The second kappa shape index (κ2) is 10.1. The molecular weight excluding hydrogens is 432 g/mol. The van der Waals surface area contributed by atoms with Crippen LogP contribution in [0.4, 0.5) is 0 Å². The fraction of sp³-hybridized carbons (Fsp3) is 0.385. The third-order valence-electron chi connectivity index (χ3n) is 6.00. The molecule has 0 amide bonds. The summed E-state index contributed by atoms with van der Waals surface area (Å²) in [5.74, 6) is 0.382. The summed E-state index contributed by atoms with van der Waals surface area (Å²) in [6.45, 7) is 8.31. The lowest BCUT2D eigenvalue weighted by Crippen LogP contribution is -2.33. The van der Waals surface area contributed by atoms with E-state index in [1.807, 2.05) is 26.0 Å². The average molecular weight is 460 g/mol. The Bertz CT molecular complexity index is 1240. The van der Waals surface area contributed by atoms with Crippen molar-refractivity contribution >= 4 is 5.97 Å². The maximum absolute atomic E-state index is 10.7. The van der Waals surface area contributed by atoms with Crippen molar-refractivity contribution in [1.29, 1.82) is 5.26 Å². The molecule has 1 aliphatic rings. The van der Waals surface area contributed by atoms with Gasteiger partial charge in [-0.2, -0.15) is 10.2 Å². The molecule has 0 bridgehead atoms. The van der Waals surface area contributed by atoms with Crippen LogP contribution in [0.2, 0.25) is 0 Å².